The standard InChI is InChI=1S/C15H17N3O3/c1-10-16-13-4-3-12(9-14(13)21-10)15(20)18-7-5-17(6-8-18)11(2)19/h3-4,9H,5-8H2,1-2H3. The van der Waals surface area contributed by atoms with Crippen molar-refractivity contribution >= 4 is 22.9 Å². The maximum Gasteiger partial charge on any atom is 0.254 e. The van der Waals surface area contributed by atoms with Gasteiger partial charge in [-0.05, 0) is 18.2 Å². The first-order chi connectivity index (χ1) is 10.0. The van der Waals surface area contributed by atoms with E-state index in [4.69, 9.17) is 4.42 Å². The Balaban J connectivity index is 1.76. The number of amides is 2. The van der Waals surface area contributed by atoms with Gasteiger partial charge in [0.15, 0.2) is 11.5 Å². The zero-order chi connectivity index (χ0) is 15.0. The molecule has 21 heavy (non-hydrogen) atoms. The smallest absolute Gasteiger partial charge is 0.254 e. The van der Waals surface area contributed by atoms with Crippen molar-refractivity contribution in [2.75, 3.05) is 26.2 Å². The van der Waals surface area contributed by atoms with Crippen LogP contribution in [0.1, 0.15) is 23.2 Å². The fourth-order valence-corrected chi connectivity index (χ4v) is 2.58. The summed E-state index contributed by atoms with van der Waals surface area (Å²) < 4.78 is 5.46. The Bertz CT molecular complexity index is 699. The van der Waals surface area contributed by atoms with Crippen LogP contribution in [-0.2, 0) is 4.79 Å². The number of carbonyl (C=O) groups excluding carboxylic acids is 2. The highest BCUT2D eigenvalue weighted by molar-refractivity contribution is 5.97. The maximum absolute atomic E-state index is 12.5. The highest BCUT2D eigenvalue weighted by Gasteiger charge is 2.23. The number of benzene rings is 1. The topological polar surface area (TPSA) is 66.7 Å². The summed E-state index contributed by atoms with van der Waals surface area (Å²) in [5, 5.41) is 0. The second kappa shape index (κ2) is 5.20. The van der Waals surface area contributed by atoms with Crippen LogP contribution in [0.3, 0.4) is 0 Å². The Morgan fingerprint density at radius 3 is 2.48 bits per heavy atom. The molecule has 0 aliphatic carbocycles. The number of aryl methyl sites for hydroxylation is 1. The minimum absolute atomic E-state index is 0.0332. The molecular weight excluding hydrogens is 270 g/mol. The SMILES string of the molecule is CC(=O)N1CCN(C(=O)c2ccc3nc(C)oc3c2)CC1. The van der Waals surface area contributed by atoms with E-state index >= 15 is 0 Å². The lowest BCUT2D eigenvalue weighted by atomic mass is 10.1. The number of piperazine rings is 1. The third-order valence-corrected chi connectivity index (χ3v) is 3.75. The van der Waals surface area contributed by atoms with Crippen LogP contribution in [-0.4, -0.2) is 52.8 Å². The van der Waals surface area contributed by atoms with Gasteiger partial charge in [-0.25, -0.2) is 4.98 Å². The molecular formula is C15H17N3O3. The van der Waals surface area contributed by atoms with Crippen LogP contribution in [0.4, 0.5) is 0 Å². The number of oxazole rings is 1. The molecule has 2 amide bonds. The van der Waals surface area contributed by atoms with E-state index in [2.05, 4.69) is 4.98 Å². The van der Waals surface area contributed by atoms with Crippen molar-refractivity contribution in [3.8, 4) is 0 Å². The lowest BCUT2D eigenvalue weighted by molar-refractivity contribution is -0.130. The van der Waals surface area contributed by atoms with Gasteiger partial charge < -0.3 is 14.2 Å². The molecule has 2 heterocycles. The van der Waals surface area contributed by atoms with E-state index in [0.717, 1.165) is 5.52 Å². The Morgan fingerprint density at radius 2 is 1.81 bits per heavy atom. The average Bonchev–Trinajstić information content (AvgIpc) is 2.85. The molecule has 1 fully saturated rings. The van der Waals surface area contributed by atoms with Gasteiger partial charge >= 0.3 is 0 Å². The van der Waals surface area contributed by atoms with Crippen molar-refractivity contribution in [1.29, 1.82) is 0 Å². The highest BCUT2D eigenvalue weighted by atomic mass is 16.3. The second-order valence-electron chi connectivity index (χ2n) is 5.21. The number of hydrogen-bond donors (Lipinski definition) is 0. The number of fused-ring (bicyclic) bond motifs is 1. The summed E-state index contributed by atoms with van der Waals surface area (Å²) in [6.07, 6.45) is 0. The van der Waals surface area contributed by atoms with Gasteiger partial charge in [-0.3, -0.25) is 9.59 Å². The summed E-state index contributed by atoms with van der Waals surface area (Å²) in [7, 11) is 0. The molecule has 0 bridgehead atoms. The fraction of sp³-hybridized carbons (Fsp3) is 0.400. The van der Waals surface area contributed by atoms with Crippen LogP contribution in [0.2, 0.25) is 0 Å². The van der Waals surface area contributed by atoms with Crippen LogP contribution in [0.25, 0.3) is 11.1 Å². The predicted molar refractivity (Wildman–Crippen MR) is 76.9 cm³/mol. The van der Waals surface area contributed by atoms with Gasteiger partial charge in [-0.2, -0.15) is 0 Å². The van der Waals surface area contributed by atoms with Gasteiger partial charge in [0.1, 0.15) is 5.52 Å². The Morgan fingerprint density at radius 1 is 1.14 bits per heavy atom. The van der Waals surface area contributed by atoms with Crippen LogP contribution in [0, 0.1) is 6.92 Å². The molecule has 6 nitrogen and oxygen atoms in total. The third kappa shape index (κ3) is 2.61. The van der Waals surface area contributed by atoms with E-state index < -0.39 is 0 Å². The van der Waals surface area contributed by atoms with Crippen molar-refractivity contribution in [2.45, 2.75) is 13.8 Å². The van der Waals surface area contributed by atoms with Crippen LogP contribution >= 0.6 is 0 Å². The first kappa shape index (κ1) is 13.6. The quantitative estimate of drug-likeness (QED) is 0.796. The summed E-state index contributed by atoms with van der Waals surface area (Å²) >= 11 is 0. The molecule has 110 valence electrons. The second-order valence-corrected chi connectivity index (χ2v) is 5.21. The zero-order valence-electron chi connectivity index (χ0n) is 12.1. The molecule has 0 unspecified atom stereocenters. The maximum atomic E-state index is 12.5. The summed E-state index contributed by atoms with van der Waals surface area (Å²) in [5.41, 5.74) is 1.97. The molecule has 1 aromatic carbocycles. The van der Waals surface area contributed by atoms with Crippen molar-refractivity contribution in [1.82, 2.24) is 14.8 Å². The van der Waals surface area contributed by atoms with Gasteiger partial charge in [-0.15, -0.1) is 0 Å². The normalized spacial score (nSPS) is 15.5. The van der Waals surface area contributed by atoms with Gasteiger partial charge in [0.2, 0.25) is 5.91 Å². The number of hydrogen-bond acceptors (Lipinski definition) is 4. The molecule has 0 spiro atoms. The number of nitrogens with zero attached hydrogens (tertiary/aromatic N) is 3. The molecule has 0 radical (unpaired) electrons. The van der Waals surface area contributed by atoms with Gasteiger partial charge in [0, 0.05) is 45.6 Å². The van der Waals surface area contributed by atoms with E-state index in [0.29, 0.717) is 43.2 Å². The lowest BCUT2D eigenvalue weighted by Crippen LogP contribution is -2.50. The zero-order valence-corrected chi connectivity index (χ0v) is 12.1. The largest absolute Gasteiger partial charge is 0.441 e. The average molecular weight is 287 g/mol. The van der Waals surface area contributed by atoms with Gasteiger partial charge in [-0.1, -0.05) is 0 Å². The molecule has 1 aliphatic rings. The van der Waals surface area contributed by atoms with Crippen LogP contribution in [0.15, 0.2) is 22.6 Å². The van der Waals surface area contributed by atoms with Crippen LogP contribution in [0.5, 0.6) is 0 Å². The monoisotopic (exact) mass is 287 g/mol. The highest BCUT2D eigenvalue weighted by Crippen LogP contribution is 2.18. The summed E-state index contributed by atoms with van der Waals surface area (Å²) in [5.74, 6) is 0.611. The lowest BCUT2D eigenvalue weighted by Gasteiger charge is -2.34. The third-order valence-electron chi connectivity index (χ3n) is 3.75. The van der Waals surface area contributed by atoms with Crippen molar-refractivity contribution in [3.63, 3.8) is 0 Å². The summed E-state index contributed by atoms with van der Waals surface area (Å²) in [6, 6.07) is 5.30. The number of rotatable bonds is 1. The van der Waals surface area contributed by atoms with Crippen molar-refractivity contribution < 1.29 is 14.0 Å². The Hall–Kier alpha value is -2.37. The molecule has 2 aromatic rings. The molecule has 3 rings (SSSR count). The first-order valence-electron chi connectivity index (χ1n) is 6.96. The first-order valence-corrected chi connectivity index (χ1v) is 6.96. The van der Waals surface area contributed by atoms with Crippen molar-refractivity contribution in [3.05, 3.63) is 29.7 Å². The Kier molecular flexibility index (Phi) is 3.37. The molecule has 6 heteroatoms. The molecule has 1 saturated heterocycles. The minimum Gasteiger partial charge on any atom is -0.441 e. The van der Waals surface area contributed by atoms with E-state index in [-0.39, 0.29) is 11.8 Å². The van der Waals surface area contributed by atoms with Crippen LogP contribution < -0.4 is 0 Å². The van der Waals surface area contributed by atoms with E-state index in [1.165, 1.54) is 0 Å². The predicted octanol–water partition coefficient (Wildman–Crippen LogP) is 1.44. The molecule has 1 aromatic heterocycles. The summed E-state index contributed by atoms with van der Waals surface area (Å²) in [6.45, 7) is 5.63. The molecule has 1 aliphatic heterocycles. The van der Waals surface area contributed by atoms with E-state index in [1.54, 1.807) is 41.8 Å². The number of aromatic nitrogens is 1. The van der Waals surface area contributed by atoms with Crippen molar-refractivity contribution in [2.24, 2.45) is 0 Å². The van der Waals surface area contributed by atoms with Gasteiger partial charge in [0.25, 0.3) is 5.91 Å². The fourth-order valence-electron chi connectivity index (χ4n) is 2.58. The van der Waals surface area contributed by atoms with E-state index in [9.17, 15) is 9.59 Å². The molecule has 0 atom stereocenters. The summed E-state index contributed by atoms with van der Waals surface area (Å²) in [4.78, 5) is 31.5. The van der Waals surface area contributed by atoms with E-state index in [1.807, 2.05) is 0 Å². The molecule has 0 saturated carbocycles. The molecule has 0 N–H and O–H groups in total. The number of carbonyl (C=O) groups is 2. The Labute approximate surface area is 122 Å². The van der Waals surface area contributed by atoms with Gasteiger partial charge in [0.05, 0.1) is 0 Å². The minimum atomic E-state index is -0.0332.